The first-order valence-electron chi connectivity index (χ1n) is 6.23. The molecule has 0 aliphatic heterocycles. The van der Waals surface area contributed by atoms with Crippen LogP contribution in [0.1, 0.15) is 18.3 Å². The number of rotatable bonds is 4. The number of hydrogen-bond donors (Lipinski definition) is 1. The fourth-order valence-corrected chi connectivity index (χ4v) is 1.84. The molecule has 2 aromatic rings. The van der Waals surface area contributed by atoms with E-state index in [1.54, 1.807) is 35.7 Å². The molecule has 1 atom stereocenters. The zero-order valence-corrected chi connectivity index (χ0v) is 11.9. The normalized spacial score (nSPS) is 12.2. The Balaban J connectivity index is 2.26. The second-order valence-electron chi connectivity index (χ2n) is 4.71. The first kappa shape index (κ1) is 14.0. The predicted molar refractivity (Wildman–Crippen MR) is 74.1 cm³/mol. The molecule has 0 aliphatic rings. The number of carboxylic acid groups (broad SMARTS) is 1. The molecule has 20 heavy (non-hydrogen) atoms. The van der Waals surface area contributed by atoms with E-state index < -0.39 is 12.0 Å². The molecule has 1 unspecified atom stereocenters. The average Bonchev–Trinajstić information content (AvgIpc) is 2.76. The van der Waals surface area contributed by atoms with Gasteiger partial charge in [0, 0.05) is 12.7 Å². The smallest absolute Gasteiger partial charge is 0.326 e. The molecule has 0 aromatic carbocycles. The summed E-state index contributed by atoms with van der Waals surface area (Å²) < 4.78 is 1.70. The van der Waals surface area contributed by atoms with Gasteiger partial charge in [0.15, 0.2) is 11.6 Å². The molecule has 0 aliphatic carbocycles. The minimum absolute atomic E-state index is 0.505. The molecule has 7 nitrogen and oxygen atoms in total. The first-order valence-corrected chi connectivity index (χ1v) is 6.23. The molecule has 1 N–H and O–H groups in total. The van der Waals surface area contributed by atoms with Crippen molar-refractivity contribution in [3.8, 4) is 5.82 Å². The quantitative estimate of drug-likeness (QED) is 0.902. The molecule has 2 rings (SSSR count). The van der Waals surface area contributed by atoms with Crippen LogP contribution < -0.4 is 4.90 Å². The van der Waals surface area contributed by atoms with Crippen molar-refractivity contribution in [2.75, 3.05) is 11.9 Å². The summed E-state index contributed by atoms with van der Waals surface area (Å²) in [5.74, 6) is 0.206. The maximum absolute atomic E-state index is 10.9. The van der Waals surface area contributed by atoms with Gasteiger partial charge < -0.3 is 10.0 Å². The van der Waals surface area contributed by atoms with Gasteiger partial charge >= 0.3 is 5.97 Å². The number of carboxylic acids is 1. The molecule has 0 bridgehead atoms. The maximum Gasteiger partial charge on any atom is 0.326 e. The zero-order valence-electron chi connectivity index (χ0n) is 11.9. The number of nitrogens with zero attached hydrogens (tertiary/aromatic N) is 5. The van der Waals surface area contributed by atoms with Crippen molar-refractivity contribution in [3.05, 3.63) is 29.6 Å². The van der Waals surface area contributed by atoms with Crippen molar-refractivity contribution in [1.29, 1.82) is 0 Å². The minimum Gasteiger partial charge on any atom is -0.480 e. The lowest BCUT2D eigenvalue weighted by Crippen LogP contribution is -2.36. The first-order chi connectivity index (χ1) is 9.40. The third-order valence-electron chi connectivity index (χ3n) is 3.16. The molecule has 106 valence electrons. The van der Waals surface area contributed by atoms with Gasteiger partial charge in [0.05, 0.1) is 5.69 Å². The van der Waals surface area contributed by atoms with Gasteiger partial charge in [0.1, 0.15) is 6.04 Å². The number of aliphatic carboxylic acids is 1. The van der Waals surface area contributed by atoms with Gasteiger partial charge in [-0.05, 0) is 39.0 Å². The molecule has 2 aromatic heterocycles. The monoisotopic (exact) mass is 275 g/mol. The van der Waals surface area contributed by atoms with Crippen LogP contribution in [0.25, 0.3) is 5.82 Å². The van der Waals surface area contributed by atoms with Gasteiger partial charge in [-0.1, -0.05) is 0 Å². The van der Waals surface area contributed by atoms with Gasteiger partial charge in [-0.3, -0.25) is 0 Å². The number of carbonyl (C=O) groups is 1. The lowest BCUT2D eigenvalue weighted by molar-refractivity contribution is -0.138. The molecular weight excluding hydrogens is 258 g/mol. The van der Waals surface area contributed by atoms with Gasteiger partial charge in [-0.2, -0.15) is 5.10 Å². The Morgan fingerprint density at radius 3 is 2.50 bits per heavy atom. The number of aryl methyl sites for hydroxylation is 2. The van der Waals surface area contributed by atoms with Crippen LogP contribution in [-0.2, 0) is 4.79 Å². The standard InChI is InChI=1S/C13H17N5O2/c1-8-7-9(2)18(16-8)12-6-5-11(14-15-12)17(4)10(3)13(19)20/h5-7,10H,1-4H3,(H,19,20). The average molecular weight is 275 g/mol. The minimum atomic E-state index is -0.906. The summed E-state index contributed by atoms with van der Waals surface area (Å²) >= 11 is 0. The van der Waals surface area contributed by atoms with Crippen molar-refractivity contribution < 1.29 is 9.90 Å². The number of hydrogen-bond acceptors (Lipinski definition) is 5. The van der Waals surface area contributed by atoms with Crippen molar-refractivity contribution >= 4 is 11.8 Å². The van der Waals surface area contributed by atoms with E-state index in [1.165, 1.54) is 0 Å². The summed E-state index contributed by atoms with van der Waals surface area (Å²) in [4.78, 5) is 12.5. The highest BCUT2D eigenvalue weighted by molar-refractivity contribution is 5.76. The molecule has 0 spiro atoms. The van der Waals surface area contributed by atoms with E-state index in [9.17, 15) is 4.79 Å². The van der Waals surface area contributed by atoms with Crippen LogP contribution >= 0.6 is 0 Å². The SMILES string of the molecule is Cc1cc(C)n(-c2ccc(N(C)C(C)C(=O)O)nn2)n1. The topological polar surface area (TPSA) is 84.1 Å². The third kappa shape index (κ3) is 2.61. The Morgan fingerprint density at radius 2 is 2.05 bits per heavy atom. The summed E-state index contributed by atoms with van der Waals surface area (Å²) in [5.41, 5.74) is 1.88. The molecule has 0 fully saturated rings. The third-order valence-corrected chi connectivity index (χ3v) is 3.16. The van der Waals surface area contributed by atoms with Crippen LogP contribution in [0.15, 0.2) is 18.2 Å². The Morgan fingerprint density at radius 1 is 1.35 bits per heavy atom. The Hall–Kier alpha value is -2.44. The maximum atomic E-state index is 10.9. The highest BCUT2D eigenvalue weighted by Gasteiger charge is 2.18. The second-order valence-corrected chi connectivity index (χ2v) is 4.71. The number of likely N-dealkylation sites (N-methyl/N-ethyl adjacent to an activating group) is 1. The predicted octanol–water partition coefficient (Wildman–Crippen LogP) is 1.19. The van der Waals surface area contributed by atoms with Crippen molar-refractivity contribution in [3.63, 3.8) is 0 Å². The van der Waals surface area contributed by atoms with E-state index in [0.29, 0.717) is 11.6 Å². The molecule has 0 amide bonds. The molecular formula is C13H17N5O2. The lowest BCUT2D eigenvalue weighted by atomic mass is 10.3. The van der Waals surface area contributed by atoms with E-state index >= 15 is 0 Å². The lowest BCUT2D eigenvalue weighted by Gasteiger charge is -2.21. The van der Waals surface area contributed by atoms with E-state index in [4.69, 9.17) is 5.11 Å². The highest BCUT2D eigenvalue weighted by atomic mass is 16.4. The van der Waals surface area contributed by atoms with Crippen LogP contribution in [0, 0.1) is 13.8 Å². The van der Waals surface area contributed by atoms with E-state index in [2.05, 4.69) is 15.3 Å². The van der Waals surface area contributed by atoms with Crippen LogP contribution in [0.3, 0.4) is 0 Å². The fraction of sp³-hybridized carbons (Fsp3) is 0.385. The summed E-state index contributed by atoms with van der Waals surface area (Å²) in [5, 5.41) is 21.5. The van der Waals surface area contributed by atoms with Crippen molar-refractivity contribution in [1.82, 2.24) is 20.0 Å². The zero-order chi connectivity index (χ0) is 14.9. The van der Waals surface area contributed by atoms with Crippen LogP contribution in [0.5, 0.6) is 0 Å². The molecule has 7 heteroatoms. The van der Waals surface area contributed by atoms with Gasteiger partial charge in [-0.15, -0.1) is 10.2 Å². The fourth-order valence-electron chi connectivity index (χ4n) is 1.84. The van der Waals surface area contributed by atoms with Crippen LogP contribution in [0.4, 0.5) is 5.82 Å². The number of anilines is 1. The highest BCUT2D eigenvalue weighted by Crippen LogP contribution is 2.14. The summed E-state index contributed by atoms with van der Waals surface area (Å²) in [6, 6.07) is 4.79. The molecule has 2 heterocycles. The van der Waals surface area contributed by atoms with Crippen molar-refractivity contribution in [2.45, 2.75) is 26.8 Å². The van der Waals surface area contributed by atoms with Crippen LogP contribution in [-0.4, -0.2) is 44.1 Å². The van der Waals surface area contributed by atoms with E-state index in [1.807, 2.05) is 19.9 Å². The second kappa shape index (κ2) is 5.28. The summed E-state index contributed by atoms with van der Waals surface area (Å²) in [6.07, 6.45) is 0. The van der Waals surface area contributed by atoms with Crippen molar-refractivity contribution in [2.24, 2.45) is 0 Å². The summed E-state index contributed by atoms with van der Waals surface area (Å²) in [6.45, 7) is 5.45. The summed E-state index contributed by atoms with van der Waals surface area (Å²) in [7, 11) is 1.67. The molecule has 0 saturated heterocycles. The Labute approximate surface area is 116 Å². The van der Waals surface area contributed by atoms with E-state index in [-0.39, 0.29) is 0 Å². The van der Waals surface area contributed by atoms with Gasteiger partial charge in [0.25, 0.3) is 0 Å². The Bertz CT molecular complexity index is 620. The number of aromatic nitrogens is 4. The Kier molecular flexibility index (Phi) is 3.69. The molecule has 0 radical (unpaired) electrons. The van der Waals surface area contributed by atoms with Gasteiger partial charge in [-0.25, -0.2) is 9.48 Å². The van der Waals surface area contributed by atoms with E-state index in [0.717, 1.165) is 11.4 Å². The molecule has 0 saturated carbocycles. The van der Waals surface area contributed by atoms with Crippen LogP contribution in [0.2, 0.25) is 0 Å². The van der Waals surface area contributed by atoms with Gasteiger partial charge in [0.2, 0.25) is 0 Å². The largest absolute Gasteiger partial charge is 0.480 e.